The summed E-state index contributed by atoms with van der Waals surface area (Å²) in [5.74, 6) is 3.34. The summed E-state index contributed by atoms with van der Waals surface area (Å²) in [6.07, 6.45) is 7.05. The van der Waals surface area contributed by atoms with E-state index in [0.29, 0.717) is 24.9 Å². The first-order valence-electron chi connectivity index (χ1n) is 7.57. The van der Waals surface area contributed by atoms with Crippen molar-refractivity contribution >= 4 is 16.9 Å². The van der Waals surface area contributed by atoms with Crippen LogP contribution in [0.2, 0.25) is 0 Å². The molecular formula is C18H19NO3. The van der Waals surface area contributed by atoms with Crippen molar-refractivity contribution in [2.45, 2.75) is 12.8 Å². The van der Waals surface area contributed by atoms with Crippen LogP contribution in [0, 0.1) is 18.3 Å². The molecule has 22 heavy (non-hydrogen) atoms. The van der Waals surface area contributed by atoms with Crippen LogP contribution in [0.4, 0.5) is 0 Å². The smallest absolute Gasteiger partial charge is 0.289 e. The van der Waals surface area contributed by atoms with Gasteiger partial charge in [0.15, 0.2) is 5.76 Å². The van der Waals surface area contributed by atoms with Crippen LogP contribution in [0.15, 0.2) is 34.7 Å². The second kappa shape index (κ2) is 6.67. The maximum atomic E-state index is 12.5. The van der Waals surface area contributed by atoms with Crippen molar-refractivity contribution in [2.75, 3.05) is 26.3 Å². The molecule has 1 aliphatic heterocycles. The first-order valence-corrected chi connectivity index (χ1v) is 7.57. The number of furan rings is 1. The number of carbonyl (C=O) groups is 1. The Hall–Kier alpha value is -2.25. The lowest BCUT2D eigenvalue weighted by Crippen LogP contribution is -2.39. The van der Waals surface area contributed by atoms with Crippen molar-refractivity contribution in [3.05, 3.63) is 36.1 Å². The zero-order valence-electron chi connectivity index (χ0n) is 12.5. The predicted molar refractivity (Wildman–Crippen MR) is 84.5 cm³/mol. The maximum absolute atomic E-state index is 12.5. The second-order valence-corrected chi connectivity index (χ2v) is 5.60. The fourth-order valence-electron chi connectivity index (χ4n) is 2.83. The molecule has 3 rings (SSSR count). The van der Waals surface area contributed by atoms with Crippen LogP contribution in [0.1, 0.15) is 23.4 Å². The fraction of sp³-hybridized carbons (Fsp3) is 0.389. The molecular weight excluding hydrogens is 278 g/mol. The van der Waals surface area contributed by atoms with Gasteiger partial charge in [0.05, 0.1) is 6.61 Å². The minimum Gasteiger partial charge on any atom is -0.451 e. The molecule has 1 saturated heterocycles. The van der Waals surface area contributed by atoms with E-state index in [2.05, 4.69) is 5.92 Å². The monoisotopic (exact) mass is 297 g/mol. The van der Waals surface area contributed by atoms with Gasteiger partial charge in [-0.15, -0.1) is 6.42 Å². The Balaban J connectivity index is 1.59. The number of amides is 1. The highest BCUT2D eigenvalue weighted by atomic mass is 16.5. The standard InChI is InChI=1S/C18H19NO3/c1-2-11-21-13-14-7-9-19(10-8-14)18(20)17-12-15-5-3-4-6-16(15)22-17/h1,3-6,12,14H,7-11,13H2. The SMILES string of the molecule is C#CCOCC1CCN(C(=O)c2cc3ccccc3o2)CC1. The van der Waals surface area contributed by atoms with E-state index in [1.54, 1.807) is 0 Å². The normalized spacial score (nSPS) is 15.9. The maximum Gasteiger partial charge on any atom is 0.289 e. The summed E-state index contributed by atoms with van der Waals surface area (Å²) in [6, 6.07) is 9.49. The molecule has 114 valence electrons. The van der Waals surface area contributed by atoms with Crippen LogP contribution in [0.3, 0.4) is 0 Å². The lowest BCUT2D eigenvalue weighted by Gasteiger charge is -2.31. The highest BCUT2D eigenvalue weighted by molar-refractivity contribution is 5.96. The molecule has 0 aliphatic carbocycles. The average molecular weight is 297 g/mol. The summed E-state index contributed by atoms with van der Waals surface area (Å²) in [6.45, 7) is 2.51. The Morgan fingerprint density at radius 1 is 1.36 bits per heavy atom. The molecule has 2 aromatic rings. The molecule has 4 nitrogen and oxygen atoms in total. The zero-order chi connectivity index (χ0) is 15.4. The highest BCUT2D eigenvalue weighted by Crippen LogP contribution is 2.23. The number of terminal acetylenes is 1. The summed E-state index contributed by atoms with van der Waals surface area (Å²) in [5.41, 5.74) is 0.753. The number of fused-ring (bicyclic) bond motifs is 1. The molecule has 0 N–H and O–H groups in total. The van der Waals surface area contributed by atoms with E-state index in [-0.39, 0.29) is 5.91 Å². The third kappa shape index (κ3) is 3.15. The molecule has 1 aromatic carbocycles. The molecule has 0 atom stereocenters. The minimum atomic E-state index is -0.0285. The number of piperidine rings is 1. The van der Waals surface area contributed by atoms with Gasteiger partial charge in [-0.2, -0.15) is 0 Å². The molecule has 0 bridgehead atoms. The number of rotatable bonds is 4. The van der Waals surface area contributed by atoms with Crippen LogP contribution in [0.25, 0.3) is 11.0 Å². The third-order valence-corrected chi connectivity index (χ3v) is 4.08. The number of hydrogen-bond acceptors (Lipinski definition) is 3. The van der Waals surface area contributed by atoms with E-state index in [1.807, 2.05) is 35.2 Å². The fourth-order valence-corrected chi connectivity index (χ4v) is 2.83. The molecule has 1 amide bonds. The Bertz CT molecular complexity index is 657. The van der Waals surface area contributed by atoms with Crippen LogP contribution in [0.5, 0.6) is 0 Å². The number of para-hydroxylation sites is 1. The van der Waals surface area contributed by atoms with Gasteiger partial charge in [-0.1, -0.05) is 24.1 Å². The molecule has 2 heterocycles. The Labute approximate surface area is 130 Å². The number of carbonyl (C=O) groups excluding carboxylic acids is 1. The van der Waals surface area contributed by atoms with Gasteiger partial charge in [-0.3, -0.25) is 4.79 Å². The van der Waals surface area contributed by atoms with Crippen molar-refractivity contribution in [1.82, 2.24) is 4.90 Å². The number of nitrogens with zero attached hydrogens (tertiary/aromatic N) is 1. The Morgan fingerprint density at radius 2 is 2.14 bits per heavy atom. The van der Waals surface area contributed by atoms with E-state index >= 15 is 0 Å². The molecule has 0 spiro atoms. The number of hydrogen-bond donors (Lipinski definition) is 0. The first-order chi connectivity index (χ1) is 10.8. The molecule has 1 fully saturated rings. The van der Waals surface area contributed by atoms with Gasteiger partial charge >= 0.3 is 0 Å². The van der Waals surface area contributed by atoms with Gasteiger partial charge < -0.3 is 14.1 Å². The largest absolute Gasteiger partial charge is 0.451 e. The molecule has 0 saturated carbocycles. The van der Waals surface area contributed by atoms with Gasteiger partial charge in [0.25, 0.3) is 5.91 Å². The average Bonchev–Trinajstić information content (AvgIpc) is 2.99. The van der Waals surface area contributed by atoms with Crippen molar-refractivity contribution in [3.63, 3.8) is 0 Å². The van der Waals surface area contributed by atoms with Crippen LogP contribution < -0.4 is 0 Å². The van der Waals surface area contributed by atoms with Gasteiger partial charge in [0.2, 0.25) is 0 Å². The van der Waals surface area contributed by atoms with Gasteiger partial charge in [0.1, 0.15) is 12.2 Å². The third-order valence-electron chi connectivity index (χ3n) is 4.08. The summed E-state index contributed by atoms with van der Waals surface area (Å²) < 4.78 is 11.0. The van der Waals surface area contributed by atoms with Gasteiger partial charge in [-0.25, -0.2) is 0 Å². The predicted octanol–water partition coefficient (Wildman–Crippen LogP) is 2.93. The van der Waals surface area contributed by atoms with Crippen LogP contribution in [-0.2, 0) is 4.74 Å². The quantitative estimate of drug-likeness (QED) is 0.643. The number of ether oxygens (including phenoxy) is 1. The Kier molecular flexibility index (Phi) is 4.45. The zero-order valence-corrected chi connectivity index (χ0v) is 12.5. The second-order valence-electron chi connectivity index (χ2n) is 5.60. The van der Waals surface area contributed by atoms with Crippen molar-refractivity contribution < 1.29 is 13.9 Å². The van der Waals surface area contributed by atoms with Crippen molar-refractivity contribution in [2.24, 2.45) is 5.92 Å². The van der Waals surface area contributed by atoms with E-state index in [1.165, 1.54) is 0 Å². The van der Waals surface area contributed by atoms with Crippen LogP contribution >= 0.6 is 0 Å². The topological polar surface area (TPSA) is 42.7 Å². The minimum absolute atomic E-state index is 0.0285. The molecule has 0 radical (unpaired) electrons. The van der Waals surface area contributed by atoms with E-state index in [9.17, 15) is 4.79 Å². The molecule has 1 aliphatic rings. The van der Waals surface area contributed by atoms with Crippen LogP contribution in [-0.4, -0.2) is 37.1 Å². The summed E-state index contributed by atoms with van der Waals surface area (Å²) >= 11 is 0. The summed E-state index contributed by atoms with van der Waals surface area (Å²) in [7, 11) is 0. The Morgan fingerprint density at radius 3 is 2.86 bits per heavy atom. The first kappa shape index (κ1) is 14.7. The molecule has 1 aromatic heterocycles. The molecule has 4 heteroatoms. The molecule has 0 unspecified atom stereocenters. The van der Waals surface area contributed by atoms with E-state index in [4.69, 9.17) is 15.6 Å². The van der Waals surface area contributed by atoms with E-state index in [0.717, 1.165) is 36.9 Å². The number of benzene rings is 1. The van der Waals surface area contributed by atoms with E-state index < -0.39 is 0 Å². The van der Waals surface area contributed by atoms with Gasteiger partial charge in [0, 0.05) is 18.5 Å². The summed E-state index contributed by atoms with van der Waals surface area (Å²) in [4.78, 5) is 14.4. The highest BCUT2D eigenvalue weighted by Gasteiger charge is 2.25. The van der Waals surface area contributed by atoms with Crippen molar-refractivity contribution in [1.29, 1.82) is 0 Å². The lowest BCUT2D eigenvalue weighted by molar-refractivity contribution is 0.0558. The number of likely N-dealkylation sites (tertiary alicyclic amines) is 1. The lowest BCUT2D eigenvalue weighted by atomic mass is 9.97. The van der Waals surface area contributed by atoms with Gasteiger partial charge in [-0.05, 0) is 30.9 Å². The summed E-state index contributed by atoms with van der Waals surface area (Å²) in [5, 5.41) is 0.962. The van der Waals surface area contributed by atoms with Crippen molar-refractivity contribution in [3.8, 4) is 12.3 Å².